The molecule has 1 aliphatic heterocycles. The molecule has 1 fully saturated rings. The summed E-state index contributed by atoms with van der Waals surface area (Å²) < 4.78 is 34.4. The van der Waals surface area contributed by atoms with Crippen molar-refractivity contribution < 1.29 is 23.1 Å². The predicted octanol–water partition coefficient (Wildman–Crippen LogP) is 5.97. The standard InChI is InChI=1S/C32H41F2N7O3/c1-18(31(2,3)4)13-14-32(5)38-26(22-15-23(33)28(44-6)24(34)16-22)30(43)41(32)27(19-7-8-19)20-9-11-21(12-10-20)29(42)37-17-25(35)39-40-36/h9-12,15-16,18-19,27H,7-8,13-14,17H2,1-6H3,(H,37,42)(H3,35,36,39). The van der Waals surface area contributed by atoms with Crippen molar-refractivity contribution in [3.05, 3.63) is 64.7 Å². The number of amidine groups is 1. The first-order valence-corrected chi connectivity index (χ1v) is 14.7. The lowest BCUT2D eigenvalue weighted by molar-refractivity contribution is -0.131. The lowest BCUT2D eigenvalue weighted by Crippen LogP contribution is -2.48. The normalized spacial score (nSPS) is 20.0. The van der Waals surface area contributed by atoms with Gasteiger partial charge in [0, 0.05) is 11.1 Å². The van der Waals surface area contributed by atoms with Gasteiger partial charge in [-0.05, 0) is 79.7 Å². The van der Waals surface area contributed by atoms with Gasteiger partial charge in [0.25, 0.3) is 11.8 Å². The molecule has 236 valence electrons. The Morgan fingerprint density at radius 2 is 1.84 bits per heavy atom. The number of amides is 2. The number of hydrogen-bond donors (Lipinski definition) is 3. The van der Waals surface area contributed by atoms with Gasteiger partial charge in [-0.3, -0.25) is 20.0 Å². The third kappa shape index (κ3) is 6.95. The second-order valence-corrected chi connectivity index (χ2v) is 12.9. The molecule has 4 N–H and O–H groups in total. The molecule has 3 unspecified atom stereocenters. The Kier molecular flexibility index (Phi) is 9.50. The van der Waals surface area contributed by atoms with Crippen LogP contribution in [0.4, 0.5) is 8.78 Å². The first-order valence-electron chi connectivity index (χ1n) is 14.7. The first-order chi connectivity index (χ1) is 20.7. The number of hydrogen-bond acceptors (Lipinski definition) is 6. The molecule has 10 nitrogen and oxygen atoms in total. The molecule has 0 aromatic heterocycles. The van der Waals surface area contributed by atoms with Crippen LogP contribution in [0.25, 0.3) is 0 Å². The van der Waals surface area contributed by atoms with Crippen LogP contribution in [-0.2, 0) is 4.79 Å². The van der Waals surface area contributed by atoms with Gasteiger partial charge in [-0.1, -0.05) is 45.1 Å². The summed E-state index contributed by atoms with van der Waals surface area (Å²) in [4.78, 5) is 33.6. The van der Waals surface area contributed by atoms with Crippen LogP contribution in [0.15, 0.2) is 51.7 Å². The number of carbonyl (C=O) groups excluding carboxylic acids is 2. The minimum atomic E-state index is -0.972. The van der Waals surface area contributed by atoms with Crippen LogP contribution < -0.4 is 15.9 Å². The van der Waals surface area contributed by atoms with Crippen molar-refractivity contribution in [3.8, 4) is 5.75 Å². The summed E-state index contributed by atoms with van der Waals surface area (Å²) in [6.07, 6.45) is 3.15. The number of nitrogens with one attached hydrogen (secondary N) is 2. The minimum Gasteiger partial charge on any atom is -0.491 e. The van der Waals surface area contributed by atoms with Crippen LogP contribution in [0.3, 0.4) is 0 Å². The fraction of sp³-hybridized carbons (Fsp3) is 0.500. The van der Waals surface area contributed by atoms with Crippen LogP contribution in [0.5, 0.6) is 5.75 Å². The fourth-order valence-corrected chi connectivity index (χ4v) is 5.53. The van der Waals surface area contributed by atoms with Crippen molar-refractivity contribution in [1.82, 2.24) is 10.2 Å². The van der Waals surface area contributed by atoms with Crippen molar-refractivity contribution in [2.24, 2.45) is 38.4 Å². The molecule has 2 aromatic carbocycles. The molecule has 0 bridgehead atoms. The Balaban J connectivity index is 1.70. The van der Waals surface area contributed by atoms with Gasteiger partial charge in [-0.15, -0.1) is 5.11 Å². The molecule has 2 amide bonds. The number of ether oxygens (including phenoxy) is 1. The second-order valence-electron chi connectivity index (χ2n) is 12.9. The van der Waals surface area contributed by atoms with E-state index in [0.717, 1.165) is 37.0 Å². The Morgan fingerprint density at radius 1 is 1.23 bits per heavy atom. The largest absolute Gasteiger partial charge is 0.491 e. The highest BCUT2D eigenvalue weighted by atomic mass is 19.1. The summed E-state index contributed by atoms with van der Waals surface area (Å²) >= 11 is 0. The third-order valence-electron chi connectivity index (χ3n) is 8.75. The highest BCUT2D eigenvalue weighted by Gasteiger charge is 2.51. The van der Waals surface area contributed by atoms with E-state index in [1.54, 1.807) is 17.0 Å². The predicted molar refractivity (Wildman–Crippen MR) is 164 cm³/mol. The molecule has 12 heteroatoms. The maximum absolute atomic E-state index is 14.8. The van der Waals surface area contributed by atoms with Gasteiger partial charge >= 0.3 is 0 Å². The maximum Gasteiger partial charge on any atom is 0.275 e. The zero-order valence-corrected chi connectivity index (χ0v) is 26.1. The molecule has 0 radical (unpaired) electrons. The summed E-state index contributed by atoms with van der Waals surface area (Å²) in [6, 6.07) is 8.80. The summed E-state index contributed by atoms with van der Waals surface area (Å²) in [5.74, 6) is 2.12. The molecule has 0 spiro atoms. The molecule has 1 saturated carbocycles. The van der Waals surface area contributed by atoms with E-state index in [2.05, 4.69) is 43.3 Å². The Morgan fingerprint density at radius 3 is 2.36 bits per heavy atom. The average molecular weight is 610 g/mol. The molecular weight excluding hydrogens is 568 g/mol. The summed E-state index contributed by atoms with van der Waals surface area (Å²) in [5, 5.41) is 16.6. The van der Waals surface area contributed by atoms with Crippen molar-refractivity contribution >= 4 is 23.4 Å². The fourth-order valence-electron chi connectivity index (χ4n) is 5.53. The zero-order valence-electron chi connectivity index (χ0n) is 26.1. The van der Waals surface area contributed by atoms with Crippen molar-refractivity contribution in [2.75, 3.05) is 13.7 Å². The number of methoxy groups -OCH3 is 1. The van der Waals surface area contributed by atoms with Crippen LogP contribution in [-0.4, -0.2) is 47.6 Å². The van der Waals surface area contributed by atoms with Gasteiger partial charge < -0.3 is 20.8 Å². The number of carbonyl (C=O) groups is 2. The molecule has 2 aromatic rings. The van der Waals surface area contributed by atoms with E-state index in [0.29, 0.717) is 17.9 Å². The van der Waals surface area contributed by atoms with E-state index in [9.17, 15) is 18.4 Å². The monoisotopic (exact) mass is 609 g/mol. The lowest BCUT2D eigenvalue weighted by atomic mass is 9.78. The van der Waals surface area contributed by atoms with E-state index >= 15 is 0 Å². The number of rotatable bonds is 11. The van der Waals surface area contributed by atoms with Crippen LogP contribution >= 0.6 is 0 Å². The van der Waals surface area contributed by atoms with Crippen molar-refractivity contribution in [1.29, 1.82) is 5.41 Å². The van der Waals surface area contributed by atoms with E-state index in [1.165, 1.54) is 7.11 Å². The SMILES string of the molecule is COc1c(F)cc(C2=NC(C)(CCC(C)C(C)(C)C)N(C(c3ccc(C(=O)NCC(=N)N=NN)cc3)C3CC3)C2=O)cc1F. The van der Waals surface area contributed by atoms with Gasteiger partial charge in [0.1, 0.15) is 11.4 Å². The number of benzene rings is 2. The van der Waals surface area contributed by atoms with Crippen LogP contribution in [0, 0.1) is 34.3 Å². The highest BCUT2D eigenvalue weighted by Crippen LogP contribution is 2.50. The average Bonchev–Trinajstić information content (AvgIpc) is 3.77. The quantitative estimate of drug-likeness (QED) is 0.0948. The lowest BCUT2D eigenvalue weighted by Gasteiger charge is -2.41. The molecule has 2 aliphatic rings. The Labute approximate surface area is 256 Å². The third-order valence-corrected chi connectivity index (χ3v) is 8.75. The molecule has 4 rings (SSSR count). The first kappa shape index (κ1) is 32.7. The van der Waals surface area contributed by atoms with Gasteiger partial charge in [0.2, 0.25) is 0 Å². The zero-order chi connectivity index (χ0) is 32.4. The smallest absolute Gasteiger partial charge is 0.275 e. The molecule has 1 aliphatic carbocycles. The van der Waals surface area contributed by atoms with Crippen LogP contribution in [0.2, 0.25) is 0 Å². The van der Waals surface area contributed by atoms with Crippen LogP contribution in [0.1, 0.15) is 87.8 Å². The summed E-state index contributed by atoms with van der Waals surface area (Å²) in [6.45, 7) is 10.5. The summed E-state index contributed by atoms with van der Waals surface area (Å²) in [7, 11) is 1.18. The summed E-state index contributed by atoms with van der Waals surface area (Å²) in [5.41, 5.74) is 0.341. The molecule has 0 saturated heterocycles. The maximum atomic E-state index is 14.8. The topological polar surface area (TPSA) is 146 Å². The minimum absolute atomic E-state index is 0.00934. The molecule has 1 heterocycles. The molecule has 3 atom stereocenters. The number of nitrogens with two attached hydrogens (primary N) is 1. The Hall–Kier alpha value is -4.22. The van der Waals surface area contributed by atoms with Crippen molar-refractivity contribution in [2.45, 2.75) is 72.0 Å². The van der Waals surface area contributed by atoms with Gasteiger partial charge in [0.15, 0.2) is 23.2 Å². The Bertz CT molecular complexity index is 1460. The van der Waals surface area contributed by atoms with Crippen molar-refractivity contribution in [3.63, 3.8) is 0 Å². The van der Waals surface area contributed by atoms with Gasteiger partial charge in [-0.25, -0.2) is 8.78 Å². The molecule has 44 heavy (non-hydrogen) atoms. The molecular formula is C32H41F2N7O3. The van der Waals surface area contributed by atoms with E-state index in [4.69, 9.17) is 21.0 Å². The van der Waals surface area contributed by atoms with E-state index in [-0.39, 0.29) is 41.0 Å². The van der Waals surface area contributed by atoms with Gasteiger partial charge in [-0.2, -0.15) is 0 Å². The number of halogens is 2. The van der Waals surface area contributed by atoms with E-state index in [1.807, 2.05) is 19.1 Å². The number of aliphatic imine (C=N–C) groups is 1. The highest BCUT2D eigenvalue weighted by molar-refractivity contribution is 6.46. The second kappa shape index (κ2) is 12.8. The van der Waals surface area contributed by atoms with Gasteiger partial charge in [0.05, 0.1) is 19.7 Å². The number of nitrogens with zero attached hydrogens (tertiary/aromatic N) is 4. The van der Waals surface area contributed by atoms with E-state index < -0.39 is 34.9 Å².